The van der Waals surface area contributed by atoms with Crippen LogP contribution in [0.15, 0.2) is 64.2 Å². The van der Waals surface area contributed by atoms with Crippen LogP contribution < -0.4 is 11.4 Å². The fraction of sp³-hybridized carbons (Fsp3) is 0.235. The summed E-state index contributed by atoms with van der Waals surface area (Å²) in [5.74, 6) is 0.0506. The van der Waals surface area contributed by atoms with E-state index in [1.54, 1.807) is 30.3 Å². The minimum atomic E-state index is -1.11. The van der Waals surface area contributed by atoms with Crippen molar-refractivity contribution in [2.45, 2.75) is 11.6 Å². The highest BCUT2D eigenvalue weighted by Crippen LogP contribution is 2.52. The zero-order valence-electron chi connectivity index (χ0n) is 12.0. The number of para-hydroxylation sites is 1. The first-order valence-corrected chi connectivity index (χ1v) is 7.50. The summed E-state index contributed by atoms with van der Waals surface area (Å²) in [6.45, 7) is 0. The molecule has 23 heavy (non-hydrogen) atoms. The second-order valence-electron chi connectivity index (χ2n) is 6.17. The minimum Gasteiger partial charge on any atom is -0.245 e. The summed E-state index contributed by atoms with van der Waals surface area (Å²) < 4.78 is 3.94. The number of benzene rings is 1. The van der Waals surface area contributed by atoms with E-state index in [1.165, 1.54) is 9.36 Å². The maximum Gasteiger partial charge on any atom is 0.353 e. The molecule has 0 spiro atoms. The van der Waals surface area contributed by atoms with Gasteiger partial charge in [0.15, 0.2) is 5.54 Å². The standard InChI is InChI=1S/C17H12N4O2/c18-10-17-9-8-14(12-6-7-13(12)17)20-15(22)19(16(23)21(17)20)11-4-2-1-3-5-11/h1-9,12-14H/t12-,13-,14+,17+/m0/s1. The largest absolute Gasteiger partial charge is 0.353 e. The van der Waals surface area contributed by atoms with Gasteiger partial charge in [0.1, 0.15) is 0 Å². The van der Waals surface area contributed by atoms with Gasteiger partial charge >= 0.3 is 11.4 Å². The van der Waals surface area contributed by atoms with Gasteiger partial charge in [-0.1, -0.05) is 36.4 Å². The molecule has 6 rings (SSSR count). The van der Waals surface area contributed by atoms with E-state index in [1.807, 2.05) is 24.3 Å². The van der Waals surface area contributed by atoms with E-state index in [0.717, 1.165) is 4.57 Å². The number of hydrogen-bond donors (Lipinski definition) is 0. The molecule has 3 heterocycles. The van der Waals surface area contributed by atoms with E-state index in [2.05, 4.69) is 6.07 Å². The average Bonchev–Trinajstić information content (AvgIpc) is 2.81. The van der Waals surface area contributed by atoms with Crippen molar-refractivity contribution in [3.05, 3.63) is 75.6 Å². The lowest BCUT2D eigenvalue weighted by molar-refractivity contribution is 0.0921. The summed E-state index contributed by atoms with van der Waals surface area (Å²) in [6.07, 6.45) is 7.64. The number of allylic oxidation sites excluding steroid dienone is 4. The summed E-state index contributed by atoms with van der Waals surface area (Å²) in [5.41, 5.74) is -1.45. The van der Waals surface area contributed by atoms with Crippen LogP contribution in [0.1, 0.15) is 6.04 Å². The van der Waals surface area contributed by atoms with Crippen molar-refractivity contribution in [1.29, 1.82) is 5.26 Å². The summed E-state index contributed by atoms with van der Waals surface area (Å²) >= 11 is 0. The second-order valence-corrected chi connectivity index (χ2v) is 6.17. The number of nitrogens with zero attached hydrogens (tertiary/aromatic N) is 4. The molecule has 2 aliphatic carbocycles. The van der Waals surface area contributed by atoms with Crippen molar-refractivity contribution < 1.29 is 0 Å². The average molecular weight is 304 g/mol. The highest BCUT2D eigenvalue weighted by Gasteiger charge is 2.57. The molecule has 4 atom stereocenters. The van der Waals surface area contributed by atoms with Crippen LogP contribution in [-0.2, 0) is 5.54 Å². The highest BCUT2D eigenvalue weighted by molar-refractivity contribution is 5.39. The molecule has 0 saturated heterocycles. The molecule has 4 aliphatic rings. The Morgan fingerprint density at radius 1 is 1.04 bits per heavy atom. The van der Waals surface area contributed by atoms with E-state index >= 15 is 0 Å². The molecule has 0 saturated carbocycles. The van der Waals surface area contributed by atoms with Gasteiger partial charge in [0.2, 0.25) is 0 Å². The topological polar surface area (TPSA) is 72.7 Å². The Labute approximate surface area is 130 Å². The van der Waals surface area contributed by atoms with Gasteiger partial charge < -0.3 is 0 Å². The highest BCUT2D eigenvalue weighted by atomic mass is 16.2. The quantitative estimate of drug-likeness (QED) is 0.736. The Bertz CT molecular complexity index is 1050. The van der Waals surface area contributed by atoms with Gasteiger partial charge in [0.25, 0.3) is 0 Å². The summed E-state index contributed by atoms with van der Waals surface area (Å²) in [5, 5.41) is 9.81. The monoisotopic (exact) mass is 304 g/mol. The number of rotatable bonds is 1. The van der Waals surface area contributed by atoms with Crippen LogP contribution in [0.4, 0.5) is 0 Å². The molecule has 2 aliphatic heterocycles. The Hall–Kier alpha value is -3.07. The second kappa shape index (κ2) is 3.82. The molecule has 2 aromatic rings. The first-order chi connectivity index (χ1) is 11.2. The smallest absolute Gasteiger partial charge is 0.245 e. The van der Waals surface area contributed by atoms with Crippen LogP contribution in [0.3, 0.4) is 0 Å². The van der Waals surface area contributed by atoms with Gasteiger partial charge in [-0.3, -0.25) is 0 Å². The molecule has 1 aromatic carbocycles. The minimum absolute atomic E-state index is 0.0498. The Morgan fingerprint density at radius 3 is 2.48 bits per heavy atom. The van der Waals surface area contributed by atoms with Crippen LogP contribution in [0.25, 0.3) is 5.69 Å². The van der Waals surface area contributed by atoms with Gasteiger partial charge in [-0.05, 0) is 18.2 Å². The lowest BCUT2D eigenvalue weighted by Crippen LogP contribution is -2.60. The van der Waals surface area contributed by atoms with E-state index < -0.39 is 16.9 Å². The van der Waals surface area contributed by atoms with Crippen molar-refractivity contribution in [3.63, 3.8) is 0 Å². The molecule has 1 aromatic heterocycles. The lowest BCUT2D eigenvalue weighted by atomic mass is 9.62. The first-order valence-electron chi connectivity index (χ1n) is 7.50. The van der Waals surface area contributed by atoms with Gasteiger partial charge in [0.05, 0.1) is 17.8 Å². The molecular weight excluding hydrogens is 292 g/mol. The molecule has 6 heteroatoms. The third kappa shape index (κ3) is 1.21. The zero-order chi connectivity index (χ0) is 15.8. The summed E-state index contributed by atoms with van der Waals surface area (Å²) in [7, 11) is 0. The number of nitriles is 1. The molecule has 0 fully saturated rings. The van der Waals surface area contributed by atoms with Crippen LogP contribution >= 0.6 is 0 Å². The molecule has 112 valence electrons. The normalized spacial score (nSPS) is 32.0. The van der Waals surface area contributed by atoms with Crippen molar-refractivity contribution >= 4 is 0 Å². The molecule has 0 unspecified atom stereocenters. The molecule has 6 nitrogen and oxygen atoms in total. The van der Waals surface area contributed by atoms with Crippen molar-refractivity contribution in [2.24, 2.45) is 11.8 Å². The van der Waals surface area contributed by atoms with Crippen LogP contribution in [0, 0.1) is 23.2 Å². The van der Waals surface area contributed by atoms with E-state index in [9.17, 15) is 14.9 Å². The van der Waals surface area contributed by atoms with E-state index in [-0.39, 0.29) is 17.9 Å². The SMILES string of the molecule is N#C[C@]12C=C[C@H]([C@H]3C=C[C@@H]31)n1c(=O)n(-c3ccccc3)c(=O)n12. The van der Waals surface area contributed by atoms with Crippen LogP contribution in [0.5, 0.6) is 0 Å². The van der Waals surface area contributed by atoms with E-state index in [0.29, 0.717) is 5.69 Å². The van der Waals surface area contributed by atoms with Crippen LogP contribution in [-0.4, -0.2) is 13.9 Å². The maximum atomic E-state index is 13.0. The Kier molecular flexibility index (Phi) is 2.07. The predicted octanol–water partition coefficient (Wildman–Crippen LogP) is 0.946. The zero-order valence-corrected chi connectivity index (χ0v) is 12.0. The number of aromatic nitrogens is 3. The Balaban J connectivity index is 1.89. The molecular formula is C17H12N4O2. The fourth-order valence-corrected chi connectivity index (χ4v) is 4.07. The number of hydrogen-bond acceptors (Lipinski definition) is 3. The molecule has 0 N–H and O–H groups in total. The molecule has 0 radical (unpaired) electrons. The van der Waals surface area contributed by atoms with Gasteiger partial charge in [-0.2, -0.15) is 5.26 Å². The first kappa shape index (κ1) is 12.5. The predicted molar refractivity (Wildman–Crippen MR) is 82.2 cm³/mol. The van der Waals surface area contributed by atoms with Gasteiger partial charge in [-0.25, -0.2) is 23.5 Å². The van der Waals surface area contributed by atoms with Crippen LogP contribution in [0.2, 0.25) is 0 Å². The maximum absolute atomic E-state index is 13.0. The lowest BCUT2D eigenvalue weighted by Gasteiger charge is -2.51. The summed E-state index contributed by atoms with van der Waals surface area (Å²) in [6, 6.07) is 10.9. The summed E-state index contributed by atoms with van der Waals surface area (Å²) in [4.78, 5) is 25.9. The van der Waals surface area contributed by atoms with E-state index in [4.69, 9.17) is 0 Å². The molecule has 2 bridgehead atoms. The third-order valence-corrected chi connectivity index (χ3v) is 5.21. The fourth-order valence-electron chi connectivity index (χ4n) is 4.07. The van der Waals surface area contributed by atoms with Crippen molar-refractivity contribution in [1.82, 2.24) is 13.9 Å². The van der Waals surface area contributed by atoms with Gasteiger partial charge in [0, 0.05) is 11.8 Å². The van der Waals surface area contributed by atoms with Crippen molar-refractivity contribution in [2.75, 3.05) is 0 Å². The van der Waals surface area contributed by atoms with Gasteiger partial charge in [-0.15, -0.1) is 0 Å². The molecule has 0 amide bonds. The Morgan fingerprint density at radius 2 is 1.83 bits per heavy atom. The third-order valence-electron chi connectivity index (χ3n) is 5.21. The van der Waals surface area contributed by atoms with Crippen molar-refractivity contribution in [3.8, 4) is 11.8 Å².